The summed E-state index contributed by atoms with van der Waals surface area (Å²) in [5.74, 6) is -2.81. The molecule has 1 aliphatic rings. The number of aryl methyl sites for hydroxylation is 1. The number of hydrogen-bond acceptors (Lipinski definition) is 4. The summed E-state index contributed by atoms with van der Waals surface area (Å²) < 4.78 is 95.7. The van der Waals surface area contributed by atoms with Gasteiger partial charge in [0, 0.05) is 36.9 Å². The number of halogens is 6. The Bertz CT molecular complexity index is 1410. The molecule has 0 spiro atoms. The van der Waals surface area contributed by atoms with E-state index in [0.717, 1.165) is 34.0 Å². The highest BCUT2D eigenvalue weighted by Crippen LogP contribution is 2.46. The van der Waals surface area contributed by atoms with Crippen molar-refractivity contribution in [3.8, 4) is 0 Å². The predicted molar refractivity (Wildman–Crippen MR) is 120 cm³/mol. The predicted octanol–water partition coefficient (Wildman–Crippen LogP) is 4.98. The third-order valence-electron chi connectivity index (χ3n) is 6.24. The maximum absolute atomic E-state index is 14.9. The molecule has 3 aromatic rings. The first-order chi connectivity index (χ1) is 16.8. The van der Waals surface area contributed by atoms with Gasteiger partial charge in [-0.15, -0.1) is 0 Å². The lowest BCUT2D eigenvalue weighted by atomic mass is 9.87. The van der Waals surface area contributed by atoms with Crippen molar-refractivity contribution in [1.29, 1.82) is 0 Å². The Morgan fingerprint density at radius 2 is 1.67 bits per heavy atom. The van der Waals surface area contributed by atoms with E-state index in [1.807, 2.05) is 0 Å². The minimum Gasteiger partial charge on any atom is -0.338 e. The van der Waals surface area contributed by atoms with E-state index in [2.05, 4.69) is 5.10 Å². The van der Waals surface area contributed by atoms with E-state index in [1.165, 1.54) is 31.3 Å². The molecule has 0 atom stereocenters. The maximum atomic E-state index is 14.9. The molecule has 0 saturated carbocycles. The molecule has 1 aromatic heterocycles. The molecule has 6 nitrogen and oxygen atoms in total. The molecule has 13 heteroatoms. The fourth-order valence-corrected chi connectivity index (χ4v) is 6.70. The van der Waals surface area contributed by atoms with Gasteiger partial charge in [0.2, 0.25) is 0 Å². The van der Waals surface area contributed by atoms with E-state index in [0.29, 0.717) is 0 Å². The van der Waals surface area contributed by atoms with Crippen LogP contribution >= 0.6 is 11.6 Å². The van der Waals surface area contributed by atoms with E-state index in [9.17, 15) is 35.2 Å². The van der Waals surface area contributed by atoms with Crippen LogP contribution in [-0.2, 0) is 27.8 Å². The van der Waals surface area contributed by atoms with E-state index in [-0.39, 0.29) is 35.8 Å². The summed E-state index contributed by atoms with van der Waals surface area (Å²) in [7, 11) is -3.14. The Kier molecular flexibility index (Phi) is 6.63. The Morgan fingerprint density at radius 1 is 1.06 bits per heavy atom. The van der Waals surface area contributed by atoms with Gasteiger partial charge in [0.25, 0.3) is 5.91 Å². The van der Waals surface area contributed by atoms with Crippen LogP contribution in [-0.4, -0.2) is 42.1 Å². The van der Waals surface area contributed by atoms with Crippen molar-refractivity contribution in [2.24, 2.45) is 7.05 Å². The molecule has 4 rings (SSSR count). The molecule has 2 heterocycles. The van der Waals surface area contributed by atoms with Crippen LogP contribution in [0.2, 0.25) is 5.02 Å². The van der Waals surface area contributed by atoms with E-state index >= 15 is 0 Å². The molecule has 192 valence electrons. The highest BCUT2D eigenvalue weighted by Gasteiger charge is 2.51. The third-order valence-corrected chi connectivity index (χ3v) is 9.05. The number of sulfone groups is 1. The molecule has 1 fully saturated rings. The van der Waals surface area contributed by atoms with Crippen molar-refractivity contribution < 1.29 is 35.2 Å². The Morgan fingerprint density at radius 3 is 2.25 bits per heavy atom. The summed E-state index contributed by atoms with van der Waals surface area (Å²) in [4.78, 5) is 13.8. The van der Waals surface area contributed by atoms with Crippen LogP contribution in [0.3, 0.4) is 0 Å². The van der Waals surface area contributed by atoms with Gasteiger partial charge in [-0.25, -0.2) is 17.2 Å². The number of benzene rings is 2. The van der Waals surface area contributed by atoms with Crippen LogP contribution in [0.1, 0.15) is 34.5 Å². The van der Waals surface area contributed by atoms with E-state index < -0.39 is 55.1 Å². The molecular weight excluding hydrogens is 529 g/mol. The van der Waals surface area contributed by atoms with Gasteiger partial charge in [-0.2, -0.15) is 18.3 Å². The Labute approximate surface area is 208 Å². The number of piperidine rings is 1. The van der Waals surface area contributed by atoms with Gasteiger partial charge in [0.15, 0.2) is 15.5 Å². The fourth-order valence-electron chi connectivity index (χ4n) is 4.46. The number of likely N-dealkylation sites (tertiary alicyclic amines) is 1. The minimum absolute atomic E-state index is 0.193. The minimum atomic E-state index is -4.88. The van der Waals surface area contributed by atoms with Crippen LogP contribution < -0.4 is 0 Å². The first-order valence-electron chi connectivity index (χ1n) is 10.6. The normalized spacial score (nSPS) is 16.2. The summed E-state index contributed by atoms with van der Waals surface area (Å²) in [6.45, 7) is -0.651. The number of rotatable bonds is 4. The number of nitrogens with zero attached hydrogens (tertiary/aromatic N) is 3. The second kappa shape index (κ2) is 9.15. The van der Waals surface area contributed by atoms with Crippen LogP contribution in [0, 0.1) is 11.6 Å². The van der Waals surface area contributed by atoms with Crippen molar-refractivity contribution >= 4 is 27.3 Å². The monoisotopic (exact) mass is 547 g/mol. The Balaban J connectivity index is 1.75. The summed E-state index contributed by atoms with van der Waals surface area (Å²) in [5, 5.41) is 3.59. The lowest BCUT2D eigenvalue weighted by molar-refractivity contribution is -0.141. The standard InChI is InChI=1S/C23H19ClF5N3O3S/c1-31-13-17(20(30-31)23(27,28)29)21(33)32-10-8-22(9-11-32,18-12-15(25)4-7-19(18)26)36(34,35)16-5-2-14(24)3-6-16/h2-7,12-13H,8-11H2,1H3. The SMILES string of the molecule is Cn1cc(C(=O)N2CCC(c3cc(F)ccc3F)(S(=O)(=O)c3ccc(Cl)cc3)CC2)c(C(F)(F)F)n1. The molecule has 0 N–H and O–H groups in total. The Hall–Kier alpha value is -2.99. The summed E-state index contributed by atoms with van der Waals surface area (Å²) >= 11 is 5.87. The largest absolute Gasteiger partial charge is 0.435 e. The number of carbonyl (C=O) groups is 1. The molecule has 0 aliphatic carbocycles. The smallest absolute Gasteiger partial charge is 0.338 e. The third kappa shape index (κ3) is 4.47. The molecular formula is C23H19ClF5N3O3S. The quantitative estimate of drug-likeness (QED) is 0.432. The zero-order valence-corrected chi connectivity index (χ0v) is 20.3. The summed E-state index contributed by atoms with van der Waals surface area (Å²) in [6, 6.07) is 7.60. The molecule has 1 amide bonds. The van der Waals surface area contributed by atoms with Crippen molar-refractivity contribution in [3.63, 3.8) is 0 Å². The zero-order chi connectivity index (χ0) is 26.5. The number of alkyl halides is 3. The van der Waals surface area contributed by atoms with Crippen molar-refractivity contribution in [1.82, 2.24) is 14.7 Å². The molecule has 2 aromatic carbocycles. The van der Waals surface area contributed by atoms with Crippen LogP contribution in [0.4, 0.5) is 22.0 Å². The van der Waals surface area contributed by atoms with Crippen LogP contribution in [0.15, 0.2) is 53.6 Å². The average Bonchev–Trinajstić information content (AvgIpc) is 3.23. The summed E-state index contributed by atoms with van der Waals surface area (Å²) in [5.41, 5.74) is -2.46. The van der Waals surface area contributed by atoms with Crippen LogP contribution in [0.25, 0.3) is 0 Å². The van der Waals surface area contributed by atoms with Gasteiger partial charge in [-0.1, -0.05) is 11.6 Å². The highest BCUT2D eigenvalue weighted by molar-refractivity contribution is 7.92. The molecule has 0 unspecified atom stereocenters. The number of amides is 1. The van der Waals surface area contributed by atoms with Gasteiger partial charge < -0.3 is 4.90 Å². The molecule has 36 heavy (non-hydrogen) atoms. The fraction of sp³-hybridized carbons (Fsp3) is 0.304. The zero-order valence-electron chi connectivity index (χ0n) is 18.7. The number of aromatic nitrogens is 2. The highest BCUT2D eigenvalue weighted by atomic mass is 35.5. The number of hydrogen-bond donors (Lipinski definition) is 0. The summed E-state index contributed by atoms with van der Waals surface area (Å²) in [6.07, 6.45) is -4.71. The van der Waals surface area contributed by atoms with Crippen molar-refractivity contribution in [2.45, 2.75) is 28.7 Å². The maximum Gasteiger partial charge on any atom is 0.435 e. The van der Waals surface area contributed by atoms with Gasteiger partial charge >= 0.3 is 6.18 Å². The molecule has 1 aliphatic heterocycles. The first kappa shape index (κ1) is 26.1. The first-order valence-corrected chi connectivity index (χ1v) is 12.5. The molecule has 0 bridgehead atoms. The lowest BCUT2D eigenvalue weighted by Crippen LogP contribution is -2.49. The van der Waals surface area contributed by atoms with Gasteiger partial charge in [0.05, 0.1) is 10.5 Å². The van der Waals surface area contributed by atoms with Gasteiger partial charge in [0.1, 0.15) is 16.4 Å². The molecule has 0 radical (unpaired) electrons. The topological polar surface area (TPSA) is 72.3 Å². The number of carbonyl (C=O) groups excluding carboxylic acids is 1. The van der Waals surface area contributed by atoms with Crippen LogP contribution in [0.5, 0.6) is 0 Å². The second-order valence-electron chi connectivity index (χ2n) is 8.43. The van der Waals surface area contributed by atoms with Crippen molar-refractivity contribution in [3.05, 3.63) is 82.1 Å². The lowest BCUT2D eigenvalue weighted by Gasteiger charge is -2.41. The van der Waals surface area contributed by atoms with Gasteiger partial charge in [-0.3, -0.25) is 9.48 Å². The second-order valence-corrected chi connectivity index (χ2v) is 11.1. The van der Waals surface area contributed by atoms with E-state index in [4.69, 9.17) is 11.6 Å². The van der Waals surface area contributed by atoms with Gasteiger partial charge in [-0.05, 0) is 55.3 Å². The van der Waals surface area contributed by atoms with Crippen molar-refractivity contribution in [2.75, 3.05) is 13.1 Å². The molecule has 1 saturated heterocycles. The van der Waals surface area contributed by atoms with E-state index in [1.54, 1.807) is 0 Å². The average molecular weight is 548 g/mol.